The van der Waals surface area contributed by atoms with Crippen molar-refractivity contribution in [3.63, 3.8) is 0 Å². The first kappa shape index (κ1) is 14.8. The van der Waals surface area contributed by atoms with Gasteiger partial charge in [-0.1, -0.05) is 19.8 Å². The molecule has 0 spiro atoms. The number of aromatic nitrogens is 1. The lowest BCUT2D eigenvalue weighted by atomic mass is 10.2. The summed E-state index contributed by atoms with van der Waals surface area (Å²) >= 11 is 3.54. The minimum absolute atomic E-state index is 0.909. The minimum Gasteiger partial charge on any atom is -0.356 e. The molecular formula is C15H24BrN3. The van der Waals surface area contributed by atoms with Crippen LogP contribution < -0.4 is 10.2 Å². The zero-order valence-electron chi connectivity index (χ0n) is 11.8. The van der Waals surface area contributed by atoms with Gasteiger partial charge in [-0.15, -0.1) is 0 Å². The molecule has 4 heteroatoms. The number of halogens is 1. The highest BCUT2D eigenvalue weighted by Gasteiger charge is 2.15. The summed E-state index contributed by atoms with van der Waals surface area (Å²) in [6.07, 6.45) is 8.38. The van der Waals surface area contributed by atoms with E-state index in [1.807, 2.05) is 6.20 Å². The molecule has 1 aromatic heterocycles. The fourth-order valence-corrected chi connectivity index (χ4v) is 2.95. The Morgan fingerprint density at radius 1 is 1.26 bits per heavy atom. The van der Waals surface area contributed by atoms with Crippen LogP contribution in [0.15, 0.2) is 16.7 Å². The Balaban J connectivity index is 2.12. The van der Waals surface area contributed by atoms with Gasteiger partial charge in [-0.05, 0) is 47.8 Å². The van der Waals surface area contributed by atoms with Crippen LogP contribution in [0.3, 0.4) is 0 Å². The maximum atomic E-state index is 4.66. The molecular weight excluding hydrogens is 302 g/mol. The van der Waals surface area contributed by atoms with Gasteiger partial charge >= 0.3 is 0 Å². The largest absolute Gasteiger partial charge is 0.356 e. The van der Waals surface area contributed by atoms with E-state index in [0.29, 0.717) is 0 Å². The second-order valence-corrected chi connectivity index (χ2v) is 6.13. The summed E-state index contributed by atoms with van der Waals surface area (Å²) in [5.41, 5.74) is 1.31. The van der Waals surface area contributed by atoms with Crippen LogP contribution in [-0.4, -0.2) is 24.6 Å². The summed E-state index contributed by atoms with van der Waals surface area (Å²) in [5, 5.41) is 3.49. The molecule has 0 atom stereocenters. The van der Waals surface area contributed by atoms with Crippen LogP contribution in [0.5, 0.6) is 0 Å². The lowest BCUT2D eigenvalue weighted by Crippen LogP contribution is -2.27. The number of pyridine rings is 1. The molecule has 0 bridgehead atoms. The van der Waals surface area contributed by atoms with Crippen molar-refractivity contribution < 1.29 is 0 Å². The summed E-state index contributed by atoms with van der Waals surface area (Å²) in [6.45, 7) is 6.46. The Morgan fingerprint density at radius 3 is 2.68 bits per heavy atom. The molecule has 0 aromatic carbocycles. The standard InChI is InChI=1S/C15H24BrN3/c1-2-7-17-11-13-10-14(16)12-18-15(13)19-8-5-3-4-6-9-19/h10,12,17H,2-9,11H2,1H3. The fourth-order valence-electron chi connectivity index (χ4n) is 2.57. The maximum absolute atomic E-state index is 4.66. The lowest BCUT2D eigenvalue weighted by Gasteiger charge is -2.24. The molecule has 3 nitrogen and oxygen atoms in total. The Bertz CT molecular complexity index is 387. The summed E-state index contributed by atoms with van der Waals surface area (Å²) in [6, 6.07) is 2.20. The summed E-state index contributed by atoms with van der Waals surface area (Å²) < 4.78 is 1.07. The van der Waals surface area contributed by atoms with E-state index in [9.17, 15) is 0 Å². The number of nitrogens with zero attached hydrogens (tertiary/aromatic N) is 2. The average Bonchev–Trinajstić information content (AvgIpc) is 2.68. The molecule has 1 aliphatic heterocycles. The van der Waals surface area contributed by atoms with Gasteiger partial charge in [0.25, 0.3) is 0 Å². The zero-order valence-corrected chi connectivity index (χ0v) is 13.4. The molecule has 1 aliphatic rings. The van der Waals surface area contributed by atoms with Crippen molar-refractivity contribution in [1.29, 1.82) is 0 Å². The first-order valence-electron chi connectivity index (χ1n) is 7.41. The van der Waals surface area contributed by atoms with Crippen LogP contribution in [0.2, 0.25) is 0 Å². The van der Waals surface area contributed by atoms with Crippen molar-refractivity contribution in [3.8, 4) is 0 Å². The molecule has 2 heterocycles. The van der Waals surface area contributed by atoms with Crippen molar-refractivity contribution in [2.24, 2.45) is 0 Å². The van der Waals surface area contributed by atoms with Gasteiger partial charge in [-0.3, -0.25) is 0 Å². The zero-order chi connectivity index (χ0) is 13.5. The van der Waals surface area contributed by atoms with Crippen molar-refractivity contribution in [2.75, 3.05) is 24.5 Å². The molecule has 1 fully saturated rings. The predicted octanol–water partition coefficient (Wildman–Crippen LogP) is 3.72. The van der Waals surface area contributed by atoms with Gasteiger partial charge in [0, 0.05) is 35.9 Å². The van der Waals surface area contributed by atoms with Gasteiger partial charge in [0.05, 0.1) is 0 Å². The summed E-state index contributed by atoms with van der Waals surface area (Å²) in [5.74, 6) is 1.17. The third-order valence-electron chi connectivity index (χ3n) is 3.56. The van der Waals surface area contributed by atoms with E-state index in [2.05, 4.69) is 44.1 Å². The normalized spacial score (nSPS) is 16.4. The molecule has 106 valence electrons. The topological polar surface area (TPSA) is 28.2 Å². The molecule has 19 heavy (non-hydrogen) atoms. The second-order valence-electron chi connectivity index (χ2n) is 5.21. The quantitative estimate of drug-likeness (QED) is 0.836. The molecule has 0 saturated carbocycles. The van der Waals surface area contributed by atoms with Gasteiger partial charge < -0.3 is 10.2 Å². The van der Waals surface area contributed by atoms with Gasteiger partial charge in [-0.2, -0.15) is 0 Å². The van der Waals surface area contributed by atoms with E-state index in [-0.39, 0.29) is 0 Å². The first-order chi connectivity index (χ1) is 9.31. The van der Waals surface area contributed by atoms with E-state index in [4.69, 9.17) is 0 Å². The van der Waals surface area contributed by atoms with Gasteiger partial charge in [-0.25, -0.2) is 4.98 Å². The highest BCUT2D eigenvalue weighted by atomic mass is 79.9. The van der Waals surface area contributed by atoms with E-state index in [0.717, 1.165) is 30.7 Å². The van der Waals surface area contributed by atoms with E-state index >= 15 is 0 Å². The number of anilines is 1. The van der Waals surface area contributed by atoms with Crippen LogP contribution in [0.25, 0.3) is 0 Å². The maximum Gasteiger partial charge on any atom is 0.133 e. The minimum atomic E-state index is 0.909. The van der Waals surface area contributed by atoms with Crippen LogP contribution in [0, 0.1) is 0 Å². The van der Waals surface area contributed by atoms with Crippen LogP contribution >= 0.6 is 15.9 Å². The molecule has 1 N–H and O–H groups in total. The molecule has 1 aromatic rings. The predicted molar refractivity (Wildman–Crippen MR) is 84.6 cm³/mol. The molecule has 0 amide bonds. The van der Waals surface area contributed by atoms with Crippen LogP contribution in [0.4, 0.5) is 5.82 Å². The fraction of sp³-hybridized carbons (Fsp3) is 0.667. The summed E-state index contributed by atoms with van der Waals surface area (Å²) in [4.78, 5) is 7.12. The number of rotatable bonds is 5. The van der Waals surface area contributed by atoms with E-state index in [1.165, 1.54) is 43.5 Å². The Kier molecular flexibility index (Phi) is 6.11. The molecule has 2 rings (SSSR count). The highest BCUT2D eigenvalue weighted by molar-refractivity contribution is 9.10. The number of nitrogens with one attached hydrogen (secondary N) is 1. The second kappa shape index (κ2) is 7.85. The van der Waals surface area contributed by atoms with Crippen molar-refractivity contribution in [2.45, 2.75) is 45.6 Å². The van der Waals surface area contributed by atoms with Crippen LogP contribution in [-0.2, 0) is 6.54 Å². The smallest absolute Gasteiger partial charge is 0.133 e. The van der Waals surface area contributed by atoms with Crippen molar-refractivity contribution >= 4 is 21.7 Å². The number of hydrogen-bond acceptors (Lipinski definition) is 3. The number of hydrogen-bond donors (Lipinski definition) is 1. The van der Waals surface area contributed by atoms with Crippen molar-refractivity contribution in [1.82, 2.24) is 10.3 Å². The third kappa shape index (κ3) is 4.46. The Hall–Kier alpha value is -0.610. The molecule has 0 aliphatic carbocycles. The average molecular weight is 326 g/mol. The Morgan fingerprint density at radius 2 is 2.00 bits per heavy atom. The Labute approximate surface area is 124 Å². The van der Waals surface area contributed by atoms with Gasteiger partial charge in [0.15, 0.2) is 0 Å². The first-order valence-corrected chi connectivity index (χ1v) is 8.20. The van der Waals surface area contributed by atoms with Crippen LogP contribution in [0.1, 0.15) is 44.6 Å². The summed E-state index contributed by atoms with van der Waals surface area (Å²) in [7, 11) is 0. The molecule has 1 saturated heterocycles. The SMILES string of the molecule is CCCNCc1cc(Br)cnc1N1CCCCCC1. The van der Waals surface area contributed by atoms with Crippen molar-refractivity contribution in [3.05, 3.63) is 22.3 Å². The highest BCUT2D eigenvalue weighted by Crippen LogP contribution is 2.24. The van der Waals surface area contributed by atoms with Gasteiger partial charge in [0.1, 0.15) is 5.82 Å². The lowest BCUT2D eigenvalue weighted by molar-refractivity contribution is 0.668. The molecule has 0 unspecified atom stereocenters. The van der Waals surface area contributed by atoms with E-state index in [1.54, 1.807) is 0 Å². The third-order valence-corrected chi connectivity index (χ3v) is 3.99. The monoisotopic (exact) mass is 325 g/mol. The van der Waals surface area contributed by atoms with Gasteiger partial charge in [0.2, 0.25) is 0 Å². The van der Waals surface area contributed by atoms with E-state index < -0.39 is 0 Å². The molecule has 0 radical (unpaired) electrons.